The van der Waals surface area contributed by atoms with Crippen molar-refractivity contribution in [1.29, 1.82) is 0 Å². The molecule has 0 saturated carbocycles. The number of hydrogen-bond acceptors (Lipinski definition) is 3. The van der Waals surface area contributed by atoms with Gasteiger partial charge < -0.3 is 15.1 Å². The topological polar surface area (TPSA) is 60.8 Å². The number of amides is 1. The number of carbonyl (C=O) groups excluding carboxylic acids is 1. The summed E-state index contributed by atoms with van der Waals surface area (Å²) in [5.74, 6) is -0.345. The van der Waals surface area contributed by atoms with E-state index in [0.29, 0.717) is 18.7 Å². The molecule has 0 aliphatic heterocycles. The Labute approximate surface area is 149 Å². The highest BCUT2D eigenvalue weighted by Crippen LogP contribution is 2.33. The van der Waals surface area contributed by atoms with E-state index in [1.807, 2.05) is 32.9 Å². The molecule has 25 heavy (non-hydrogen) atoms. The van der Waals surface area contributed by atoms with Gasteiger partial charge in [-0.1, -0.05) is 45.0 Å². The van der Waals surface area contributed by atoms with Crippen LogP contribution in [0.4, 0.5) is 0 Å². The van der Waals surface area contributed by atoms with Crippen LogP contribution in [0, 0.1) is 0 Å². The molecule has 4 heteroatoms. The number of phenolic OH excluding ortho intramolecular Hbond substituents is 2. The molecule has 0 bridgehead atoms. The maximum Gasteiger partial charge on any atom is 0.257 e. The highest BCUT2D eigenvalue weighted by atomic mass is 16.3. The maximum atomic E-state index is 12.9. The highest BCUT2D eigenvalue weighted by Gasteiger charge is 2.21. The number of aryl methyl sites for hydroxylation is 1. The molecule has 0 saturated heterocycles. The van der Waals surface area contributed by atoms with Crippen LogP contribution in [0.1, 0.15) is 60.7 Å². The van der Waals surface area contributed by atoms with Gasteiger partial charge in [-0.3, -0.25) is 4.79 Å². The number of hydrogen-bond donors (Lipinski definition) is 2. The minimum Gasteiger partial charge on any atom is -0.508 e. The molecule has 2 aromatic rings. The van der Waals surface area contributed by atoms with E-state index in [1.54, 1.807) is 11.0 Å². The van der Waals surface area contributed by atoms with Crippen molar-refractivity contribution in [2.45, 2.75) is 46.6 Å². The minimum absolute atomic E-state index is 0.0164. The van der Waals surface area contributed by atoms with E-state index < -0.39 is 0 Å². The van der Waals surface area contributed by atoms with Gasteiger partial charge in [0.2, 0.25) is 0 Å². The first-order valence-corrected chi connectivity index (χ1v) is 8.80. The molecule has 0 aliphatic rings. The third-order valence-corrected chi connectivity index (χ3v) is 4.44. The summed E-state index contributed by atoms with van der Waals surface area (Å²) in [6.45, 7) is 8.92. The van der Waals surface area contributed by atoms with Crippen LogP contribution in [0.2, 0.25) is 0 Å². The fourth-order valence-corrected chi connectivity index (χ4v) is 2.89. The van der Waals surface area contributed by atoms with Crippen molar-refractivity contribution in [3.05, 3.63) is 58.7 Å². The second-order valence-corrected chi connectivity index (χ2v) is 6.58. The predicted molar refractivity (Wildman–Crippen MR) is 100 cm³/mol. The van der Waals surface area contributed by atoms with Crippen LogP contribution in [-0.2, 0) is 13.0 Å². The van der Waals surface area contributed by atoms with E-state index >= 15 is 0 Å². The number of benzene rings is 2. The minimum atomic E-state index is -0.233. The van der Waals surface area contributed by atoms with Crippen molar-refractivity contribution in [2.24, 2.45) is 0 Å². The average molecular weight is 341 g/mol. The standard InChI is InChI=1S/C21H27NO3/c1-5-15-8-7-9-16(10-15)13-22(6-2)21(25)18-11-17(14(3)4)19(23)12-20(18)24/h7-12,14,23-24H,5-6,13H2,1-4H3. The van der Waals surface area contributed by atoms with Crippen molar-refractivity contribution >= 4 is 5.91 Å². The molecule has 2 aromatic carbocycles. The van der Waals surface area contributed by atoms with E-state index in [-0.39, 0.29) is 28.9 Å². The van der Waals surface area contributed by atoms with Gasteiger partial charge >= 0.3 is 0 Å². The Morgan fingerprint density at radius 2 is 1.72 bits per heavy atom. The van der Waals surface area contributed by atoms with E-state index in [4.69, 9.17) is 0 Å². The quantitative estimate of drug-likeness (QED) is 0.816. The molecule has 0 spiro atoms. The predicted octanol–water partition coefficient (Wildman–Crippen LogP) is 4.45. The molecule has 2 N–H and O–H groups in total. The monoisotopic (exact) mass is 341 g/mol. The van der Waals surface area contributed by atoms with Crippen molar-refractivity contribution in [1.82, 2.24) is 4.90 Å². The average Bonchev–Trinajstić information content (AvgIpc) is 2.59. The number of aromatic hydroxyl groups is 2. The van der Waals surface area contributed by atoms with Crippen LogP contribution in [0.5, 0.6) is 11.5 Å². The molecule has 0 atom stereocenters. The summed E-state index contributed by atoms with van der Waals surface area (Å²) in [5, 5.41) is 20.1. The number of carbonyl (C=O) groups is 1. The Kier molecular flexibility index (Phi) is 6.07. The van der Waals surface area contributed by atoms with Gasteiger partial charge in [-0.25, -0.2) is 0 Å². The molecular formula is C21H27NO3. The Hall–Kier alpha value is -2.49. The maximum absolute atomic E-state index is 12.9. The van der Waals surface area contributed by atoms with Crippen LogP contribution >= 0.6 is 0 Å². The first kappa shape index (κ1) is 18.8. The van der Waals surface area contributed by atoms with Crippen molar-refractivity contribution < 1.29 is 15.0 Å². The van der Waals surface area contributed by atoms with Crippen LogP contribution in [0.25, 0.3) is 0 Å². The summed E-state index contributed by atoms with van der Waals surface area (Å²) < 4.78 is 0. The molecule has 0 radical (unpaired) electrons. The third-order valence-electron chi connectivity index (χ3n) is 4.44. The molecule has 2 rings (SSSR count). The lowest BCUT2D eigenvalue weighted by atomic mass is 9.98. The highest BCUT2D eigenvalue weighted by molar-refractivity contribution is 5.97. The lowest BCUT2D eigenvalue weighted by Crippen LogP contribution is -2.30. The zero-order valence-electron chi connectivity index (χ0n) is 15.4. The van der Waals surface area contributed by atoms with E-state index in [0.717, 1.165) is 12.0 Å². The fourth-order valence-electron chi connectivity index (χ4n) is 2.89. The van der Waals surface area contributed by atoms with Gasteiger partial charge in [-0.2, -0.15) is 0 Å². The van der Waals surface area contributed by atoms with Gasteiger partial charge in [0.05, 0.1) is 5.56 Å². The molecule has 4 nitrogen and oxygen atoms in total. The van der Waals surface area contributed by atoms with Crippen molar-refractivity contribution in [2.75, 3.05) is 6.54 Å². The SMILES string of the molecule is CCc1cccc(CN(CC)C(=O)c2cc(C(C)C)c(O)cc2O)c1. The normalized spacial score (nSPS) is 10.9. The van der Waals surface area contributed by atoms with Crippen LogP contribution in [-0.4, -0.2) is 27.6 Å². The summed E-state index contributed by atoms with van der Waals surface area (Å²) in [7, 11) is 0. The Bertz CT molecular complexity index is 753. The van der Waals surface area contributed by atoms with Gasteiger partial charge in [-0.15, -0.1) is 0 Å². The van der Waals surface area contributed by atoms with E-state index in [2.05, 4.69) is 19.1 Å². The zero-order chi connectivity index (χ0) is 18.6. The summed E-state index contributed by atoms with van der Waals surface area (Å²) >= 11 is 0. The van der Waals surface area contributed by atoms with Crippen molar-refractivity contribution in [3.8, 4) is 11.5 Å². The van der Waals surface area contributed by atoms with Crippen LogP contribution in [0.15, 0.2) is 36.4 Å². The summed E-state index contributed by atoms with van der Waals surface area (Å²) in [5.41, 5.74) is 3.19. The smallest absolute Gasteiger partial charge is 0.257 e. The van der Waals surface area contributed by atoms with Gasteiger partial charge in [0.25, 0.3) is 5.91 Å². The number of nitrogens with zero attached hydrogens (tertiary/aromatic N) is 1. The van der Waals surface area contributed by atoms with Gasteiger partial charge in [0.15, 0.2) is 0 Å². The third kappa shape index (κ3) is 4.32. The fraction of sp³-hybridized carbons (Fsp3) is 0.381. The zero-order valence-corrected chi connectivity index (χ0v) is 15.4. The summed E-state index contributed by atoms with van der Waals surface area (Å²) in [4.78, 5) is 14.6. The van der Waals surface area contributed by atoms with Gasteiger partial charge in [0.1, 0.15) is 11.5 Å². The second-order valence-electron chi connectivity index (χ2n) is 6.58. The Morgan fingerprint density at radius 1 is 1.04 bits per heavy atom. The largest absolute Gasteiger partial charge is 0.508 e. The summed E-state index contributed by atoms with van der Waals surface area (Å²) in [6, 6.07) is 11.0. The summed E-state index contributed by atoms with van der Waals surface area (Å²) in [6.07, 6.45) is 0.949. The van der Waals surface area contributed by atoms with Gasteiger partial charge in [-0.05, 0) is 42.0 Å². The molecule has 1 amide bonds. The lowest BCUT2D eigenvalue weighted by Gasteiger charge is -2.23. The second kappa shape index (κ2) is 8.06. The molecule has 0 heterocycles. The van der Waals surface area contributed by atoms with E-state index in [9.17, 15) is 15.0 Å². The molecule has 0 aromatic heterocycles. The first-order valence-electron chi connectivity index (χ1n) is 8.80. The molecule has 0 aliphatic carbocycles. The Balaban J connectivity index is 2.31. The lowest BCUT2D eigenvalue weighted by molar-refractivity contribution is 0.0749. The molecule has 0 unspecified atom stereocenters. The van der Waals surface area contributed by atoms with Crippen LogP contribution in [0.3, 0.4) is 0 Å². The first-order chi connectivity index (χ1) is 11.9. The van der Waals surface area contributed by atoms with Crippen molar-refractivity contribution in [3.63, 3.8) is 0 Å². The number of rotatable bonds is 6. The molecular weight excluding hydrogens is 314 g/mol. The Morgan fingerprint density at radius 3 is 2.32 bits per heavy atom. The van der Waals surface area contributed by atoms with E-state index in [1.165, 1.54) is 11.6 Å². The molecule has 0 fully saturated rings. The van der Waals surface area contributed by atoms with Gasteiger partial charge in [0, 0.05) is 19.2 Å². The molecule has 134 valence electrons. The number of phenols is 2. The van der Waals surface area contributed by atoms with Crippen LogP contribution < -0.4 is 0 Å².